The van der Waals surface area contributed by atoms with Crippen LogP contribution in [0.25, 0.3) is 0 Å². The standard InChI is InChI=1S/C13H26O8/c1-2-19-3-4-20-5-6-21-13(18)9-10(15)8(7-14)11(16)12(9)17/h8-18H,2-7H2,1H3/t8?,9?,10?,11-,12-,13-/m1/s1. The predicted octanol–water partition coefficient (Wildman–Crippen LogP) is -2.30. The quantitative estimate of drug-likeness (QED) is 0.225. The zero-order valence-corrected chi connectivity index (χ0v) is 12.2. The number of aliphatic hydroxyl groups is 5. The highest BCUT2D eigenvalue weighted by molar-refractivity contribution is 4.98. The SMILES string of the molecule is CCOCCOCCO[C@@H](O)C1C(O)C(CO)[C@@H](O)[C@@H]1O. The molecule has 0 aromatic heterocycles. The Kier molecular flexibility index (Phi) is 8.60. The lowest BCUT2D eigenvalue weighted by atomic mass is 10.0. The zero-order valence-electron chi connectivity index (χ0n) is 12.2. The van der Waals surface area contributed by atoms with E-state index in [0.29, 0.717) is 19.8 Å². The van der Waals surface area contributed by atoms with Crippen LogP contribution in [0.15, 0.2) is 0 Å². The van der Waals surface area contributed by atoms with Crippen molar-refractivity contribution in [2.75, 3.05) is 39.6 Å². The van der Waals surface area contributed by atoms with Gasteiger partial charge in [-0.15, -0.1) is 0 Å². The molecule has 0 spiro atoms. The van der Waals surface area contributed by atoms with Crippen molar-refractivity contribution in [3.63, 3.8) is 0 Å². The van der Waals surface area contributed by atoms with E-state index in [9.17, 15) is 20.4 Å². The molecular formula is C13H26O8. The highest BCUT2D eigenvalue weighted by atomic mass is 16.6. The molecule has 1 saturated carbocycles. The molecule has 5 N–H and O–H groups in total. The summed E-state index contributed by atoms with van der Waals surface area (Å²) in [6.07, 6.45) is -5.34. The number of hydrogen-bond donors (Lipinski definition) is 5. The van der Waals surface area contributed by atoms with Crippen LogP contribution >= 0.6 is 0 Å². The fraction of sp³-hybridized carbons (Fsp3) is 1.00. The average molecular weight is 310 g/mol. The van der Waals surface area contributed by atoms with Gasteiger partial charge >= 0.3 is 0 Å². The Morgan fingerprint density at radius 2 is 1.52 bits per heavy atom. The monoisotopic (exact) mass is 310 g/mol. The Morgan fingerprint density at radius 3 is 2.10 bits per heavy atom. The second-order valence-electron chi connectivity index (χ2n) is 4.97. The van der Waals surface area contributed by atoms with Gasteiger partial charge in [-0.1, -0.05) is 0 Å². The lowest BCUT2D eigenvalue weighted by Crippen LogP contribution is -2.39. The van der Waals surface area contributed by atoms with Crippen LogP contribution in [-0.2, 0) is 14.2 Å². The van der Waals surface area contributed by atoms with Crippen molar-refractivity contribution in [3.8, 4) is 0 Å². The van der Waals surface area contributed by atoms with Gasteiger partial charge in [0.15, 0.2) is 6.29 Å². The molecule has 3 unspecified atom stereocenters. The highest BCUT2D eigenvalue weighted by Gasteiger charge is 2.51. The van der Waals surface area contributed by atoms with E-state index in [0.717, 1.165) is 0 Å². The van der Waals surface area contributed by atoms with Gasteiger partial charge in [0.05, 0.1) is 57.3 Å². The van der Waals surface area contributed by atoms with E-state index in [4.69, 9.17) is 19.3 Å². The molecule has 21 heavy (non-hydrogen) atoms. The average Bonchev–Trinajstić information content (AvgIpc) is 2.67. The molecule has 1 rings (SSSR count). The van der Waals surface area contributed by atoms with Crippen LogP contribution in [0.3, 0.4) is 0 Å². The van der Waals surface area contributed by atoms with Crippen molar-refractivity contribution in [1.29, 1.82) is 0 Å². The van der Waals surface area contributed by atoms with Crippen LogP contribution in [0.2, 0.25) is 0 Å². The summed E-state index contributed by atoms with van der Waals surface area (Å²) < 4.78 is 15.4. The van der Waals surface area contributed by atoms with Gasteiger partial charge in [0, 0.05) is 12.5 Å². The van der Waals surface area contributed by atoms with Crippen molar-refractivity contribution in [1.82, 2.24) is 0 Å². The minimum Gasteiger partial charge on any atom is -0.396 e. The molecule has 0 saturated heterocycles. The van der Waals surface area contributed by atoms with E-state index in [1.807, 2.05) is 6.92 Å². The molecule has 0 aliphatic heterocycles. The summed E-state index contributed by atoms with van der Waals surface area (Å²) in [5, 5.41) is 48.2. The Balaban J connectivity index is 2.27. The van der Waals surface area contributed by atoms with E-state index in [2.05, 4.69) is 0 Å². The van der Waals surface area contributed by atoms with E-state index in [1.165, 1.54) is 0 Å². The maximum Gasteiger partial charge on any atom is 0.162 e. The lowest BCUT2D eigenvalue weighted by molar-refractivity contribution is -0.182. The summed E-state index contributed by atoms with van der Waals surface area (Å²) in [6, 6.07) is 0. The van der Waals surface area contributed by atoms with Crippen LogP contribution in [0.1, 0.15) is 6.92 Å². The summed E-state index contributed by atoms with van der Waals surface area (Å²) in [4.78, 5) is 0. The first kappa shape index (κ1) is 18.7. The second-order valence-corrected chi connectivity index (χ2v) is 4.97. The van der Waals surface area contributed by atoms with Gasteiger partial charge in [-0.05, 0) is 6.92 Å². The largest absolute Gasteiger partial charge is 0.396 e. The van der Waals surface area contributed by atoms with Crippen molar-refractivity contribution in [2.24, 2.45) is 11.8 Å². The number of aliphatic hydroxyl groups excluding tert-OH is 5. The Labute approximate surface area is 123 Å². The highest BCUT2D eigenvalue weighted by Crippen LogP contribution is 2.34. The maximum absolute atomic E-state index is 9.89. The second kappa shape index (κ2) is 9.65. The molecular weight excluding hydrogens is 284 g/mol. The molecule has 1 aliphatic carbocycles. The van der Waals surface area contributed by atoms with Crippen LogP contribution in [0.5, 0.6) is 0 Å². The Morgan fingerprint density at radius 1 is 0.905 bits per heavy atom. The number of rotatable bonds is 10. The van der Waals surface area contributed by atoms with Gasteiger partial charge in [0.1, 0.15) is 0 Å². The Hall–Kier alpha value is -0.320. The van der Waals surface area contributed by atoms with Crippen LogP contribution < -0.4 is 0 Å². The molecule has 0 radical (unpaired) electrons. The van der Waals surface area contributed by atoms with Crippen molar-refractivity contribution in [3.05, 3.63) is 0 Å². The first-order chi connectivity index (χ1) is 10.0. The van der Waals surface area contributed by atoms with Crippen molar-refractivity contribution in [2.45, 2.75) is 31.5 Å². The van der Waals surface area contributed by atoms with Crippen LogP contribution in [0.4, 0.5) is 0 Å². The van der Waals surface area contributed by atoms with Gasteiger partial charge in [-0.25, -0.2) is 0 Å². The summed E-state index contributed by atoms with van der Waals surface area (Å²) in [5.41, 5.74) is 0. The first-order valence-corrected chi connectivity index (χ1v) is 7.14. The van der Waals surface area contributed by atoms with Gasteiger partial charge in [0.2, 0.25) is 0 Å². The first-order valence-electron chi connectivity index (χ1n) is 7.14. The third kappa shape index (κ3) is 5.11. The summed E-state index contributed by atoms with van der Waals surface area (Å²) in [7, 11) is 0. The van der Waals surface area contributed by atoms with Gasteiger partial charge in [-0.2, -0.15) is 0 Å². The molecule has 6 atom stereocenters. The molecule has 8 nitrogen and oxygen atoms in total. The lowest BCUT2D eigenvalue weighted by Gasteiger charge is -2.24. The fourth-order valence-corrected chi connectivity index (χ4v) is 2.43. The smallest absolute Gasteiger partial charge is 0.162 e. The number of ether oxygens (including phenoxy) is 3. The van der Waals surface area contributed by atoms with Gasteiger partial charge in [0.25, 0.3) is 0 Å². The van der Waals surface area contributed by atoms with Crippen molar-refractivity contribution >= 4 is 0 Å². The van der Waals surface area contributed by atoms with E-state index in [-0.39, 0.29) is 13.2 Å². The third-order valence-electron chi connectivity index (χ3n) is 3.65. The molecule has 0 aromatic rings. The minimum atomic E-state index is -1.45. The van der Waals surface area contributed by atoms with E-state index < -0.39 is 43.0 Å². The molecule has 1 aliphatic rings. The normalized spacial score (nSPS) is 34.3. The maximum atomic E-state index is 9.89. The van der Waals surface area contributed by atoms with E-state index >= 15 is 0 Å². The van der Waals surface area contributed by atoms with E-state index in [1.54, 1.807) is 0 Å². The predicted molar refractivity (Wildman–Crippen MR) is 71.4 cm³/mol. The fourth-order valence-electron chi connectivity index (χ4n) is 2.43. The Bertz CT molecular complexity index is 277. The molecule has 126 valence electrons. The minimum absolute atomic E-state index is 0.0725. The summed E-state index contributed by atoms with van der Waals surface area (Å²) >= 11 is 0. The van der Waals surface area contributed by atoms with Gasteiger partial charge < -0.3 is 39.7 Å². The topological polar surface area (TPSA) is 129 Å². The third-order valence-corrected chi connectivity index (χ3v) is 3.65. The molecule has 8 heteroatoms. The molecule has 0 heterocycles. The summed E-state index contributed by atoms with van der Waals surface area (Å²) in [6.45, 7) is 3.20. The van der Waals surface area contributed by atoms with Crippen LogP contribution in [-0.4, -0.2) is 89.8 Å². The van der Waals surface area contributed by atoms with Crippen molar-refractivity contribution < 1.29 is 39.7 Å². The summed E-state index contributed by atoms with van der Waals surface area (Å²) in [5.74, 6) is -1.97. The zero-order chi connectivity index (χ0) is 15.8. The van der Waals surface area contributed by atoms with Crippen LogP contribution in [0, 0.1) is 11.8 Å². The molecule has 0 aromatic carbocycles. The molecule has 0 amide bonds. The number of hydrogen-bond acceptors (Lipinski definition) is 8. The van der Waals surface area contributed by atoms with Gasteiger partial charge in [-0.3, -0.25) is 0 Å². The molecule has 0 bridgehead atoms. The molecule has 1 fully saturated rings.